The van der Waals surface area contributed by atoms with Crippen LogP contribution in [0.2, 0.25) is 0 Å². The minimum Gasteiger partial charge on any atom is -0.321 e. The lowest BCUT2D eigenvalue weighted by Crippen LogP contribution is -2.25. The molecule has 3 rings (SSSR count). The number of nitrogens with zero attached hydrogens (tertiary/aromatic N) is 1. The topological polar surface area (TPSA) is 49.4 Å². The van der Waals surface area contributed by atoms with Gasteiger partial charge in [-0.1, -0.05) is 40.2 Å². The first-order valence-corrected chi connectivity index (χ1v) is 8.57. The highest BCUT2D eigenvalue weighted by Gasteiger charge is 2.23. The van der Waals surface area contributed by atoms with Gasteiger partial charge in [-0.15, -0.1) is 0 Å². The van der Waals surface area contributed by atoms with Crippen LogP contribution in [0.4, 0.5) is 11.4 Å². The number of rotatable bonds is 4. The Kier molecular flexibility index (Phi) is 5.11. The summed E-state index contributed by atoms with van der Waals surface area (Å²) in [6.07, 6.45) is 4.66. The SMILES string of the molecule is O=C(C=Cc1ccc(Br)cc1)Nc1ccccc1N1CCCC1=O. The Labute approximate surface area is 149 Å². The van der Waals surface area contributed by atoms with Gasteiger partial charge in [0, 0.05) is 23.5 Å². The molecule has 4 nitrogen and oxygen atoms in total. The van der Waals surface area contributed by atoms with Gasteiger partial charge in [-0.3, -0.25) is 9.59 Å². The molecule has 2 aromatic carbocycles. The van der Waals surface area contributed by atoms with Crippen LogP contribution >= 0.6 is 15.9 Å². The molecular formula is C19H17BrN2O2. The van der Waals surface area contributed by atoms with E-state index in [2.05, 4.69) is 21.2 Å². The van der Waals surface area contributed by atoms with Crippen LogP contribution in [-0.4, -0.2) is 18.4 Å². The Morgan fingerprint density at radius 2 is 1.88 bits per heavy atom. The third-order valence-electron chi connectivity index (χ3n) is 3.82. The largest absolute Gasteiger partial charge is 0.321 e. The fourth-order valence-electron chi connectivity index (χ4n) is 2.64. The Bertz CT molecular complexity index is 784. The molecule has 122 valence electrons. The van der Waals surface area contributed by atoms with Crippen LogP contribution in [0.3, 0.4) is 0 Å². The lowest BCUT2D eigenvalue weighted by Gasteiger charge is -2.19. The number of para-hydroxylation sites is 2. The van der Waals surface area contributed by atoms with Crippen molar-refractivity contribution in [2.24, 2.45) is 0 Å². The summed E-state index contributed by atoms with van der Waals surface area (Å²) in [5.74, 6) is -0.126. The van der Waals surface area contributed by atoms with Gasteiger partial charge < -0.3 is 10.2 Å². The van der Waals surface area contributed by atoms with Crippen molar-refractivity contribution in [1.82, 2.24) is 0 Å². The number of amides is 2. The molecule has 2 aromatic rings. The second kappa shape index (κ2) is 7.45. The highest BCUT2D eigenvalue weighted by atomic mass is 79.9. The Hall–Kier alpha value is -2.40. The van der Waals surface area contributed by atoms with Crippen molar-refractivity contribution in [2.75, 3.05) is 16.8 Å². The predicted octanol–water partition coefficient (Wildman–Crippen LogP) is 4.23. The third-order valence-corrected chi connectivity index (χ3v) is 4.35. The zero-order valence-electron chi connectivity index (χ0n) is 13.0. The summed E-state index contributed by atoms with van der Waals surface area (Å²) in [7, 11) is 0. The van der Waals surface area contributed by atoms with Crippen LogP contribution in [0.15, 0.2) is 59.1 Å². The molecule has 24 heavy (non-hydrogen) atoms. The van der Waals surface area contributed by atoms with E-state index in [0.717, 1.165) is 22.1 Å². The molecule has 5 heteroatoms. The van der Waals surface area contributed by atoms with Crippen LogP contribution in [-0.2, 0) is 9.59 Å². The molecule has 0 unspecified atom stereocenters. The van der Waals surface area contributed by atoms with Crippen molar-refractivity contribution in [1.29, 1.82) is 0 Å². The van der Waals surface area contributed by atoms with Crippen molar-refractivity contribution < 1.29 is 9.59 Å². The fraction of sp³-hybridized carbons (Fsp3) is 0.158. The number of hydrogen-bond acceptors (Lipinski definition) is 2. The van der Waals surface area contributed by atoms with Gasteiger partial charge in [0.1, 0.15) is 0 Å². The van der Waals surface area contributed by atoms with Crippen LogP contribution in [0.25, 0.3) is 6.08 Å². The van der Waals surface area contributed by atoms with E-state index in [1.54, 1.807) is 11.0 Å². The normalized spacial score (nSPS) is 14.4. The van der Waals surface area contributed by atoms with Crippen LogP contribution in [0.1, 0.15) is 18.4 Å². The number of hydrogen-bond donors (Lipinski definition) is 1. The molecule has 0 spiro atoms. The highest BCUT2D eigenvalue weighted by molar-refractivity contribution is 9.10. The van der Waals surface area contributed by atoms with Crippen molar-refractivity contribution in [3.63, 3.8) is 0 Å². The lowest BCUT2D eigenvalue weighted by molar-refractivity contribution is -0.117. The molecule has 0 aliphatic carbocycles. The van der Waals surface area contributed by atoms with Crippen LogP contribution < -0.4 is 10.2 Å². The zero-order chi connectivity index (χ0) is 16.9. The van der Waals surface area contributed by atoms with Gasteiger partial charge in [-0.25, -0.2) is 0 Å². The van der Waals surface area contributed by atoms with Gasteiger partial charge in [0.2, 0.25) is 11.8 Å². The van der Waals surface area contributed by atoms with Gasteiger partial charge in [-0.05, 0) is 42.3 Å². The van der Waals surface area contributed by atoms with Gasteiger partial charge in [0.05, 0.1) is 11.4 Å². The van der Waals surface area contributed by atoms with Crippen molar-refractivity contribution >= 4 is 45.2 Å². The standard InChI is InChI=1S/C19H17BrN2O2/c20-15-10-7-14(8-11-15)9-12-18(23)21-16-4-1-2-5-17(16)22-13-3-6-19(22)24/h1-2,4-5,7-12H,3,6,13H2,(H,21,23). The summed E-state index contributed by atoms with van der Waals surface area (Å²) < 4.78 is 0.994. The summed E-state index contributed by atoms with van der Waals surface area (Å²) in [5, 5.41) is 2.86. The van der Waals surface area contributed by atoms with Gasteiger partial charge in [0.25, 0.3) is 0 Å². The molecule has 1 N–H and O–H groups in total. The number of benzene rings is 2. The molecule has 0 bridgehead atoms. The molecule has 1 heterocycles. The maximum Gasteiger partial charge on any atom is 0.248 e. The predicted molar refractivity (Wildman–Crippen MR) is 99.8 cm³/mol. The molecule has 0 atom stereocenters. The van der Waals surface area contributed by atoms with Gasteiger partial charge >= 0.3 is 0 Å². The molecule has 0 saturated carbocycles. The molecule has 1 saturated heterocycles. The van der Waals surface area contributed by atoms with E-state index in [1.165, 1.54) is 6.08 Å². The van der Waals surface area contributed by atoms with Crippen molar-refractivity contribution in [3.8, 4) is 0 Å². The fourth-order valence-corrected chi connectivity index (χ4v) is 2.90. The van der Waals surface area contributed by atoms with E-state index in [0.29, 0.717) is 18.7 Å². The Balaban J connectivity index is 1.72. The second-order valence-electron chi connectivity index (χ2n) is 5.54. The van der Waals surface area contributed by atoms with E-state index in [4.69, 9.17) is 0 Å². The summed E-state index contributed by atoms with van der Waals surface area (Å²) >= 11 is 3.38. The smallest absolute Gasteiger partial charge is 0.248 e. The molecule has 1 aliphatic rings. The van der Waals surface area contributed by atoms with E-state index >= 15 is 0 Å². The first kappa shape index (κ1) is 16.5. The van der Waals surface area contributed by atoms with E-state index in [9.17, 15) is 9.59 Å². The number of anilines is 2. The maximum atomic E-state index is 12.2. The zero-order valence-corrected chi connectivity index (χ0v) is 14.6. The number of carbonyl (C=O) groups excluding carboxylic acids is 2. The Morgan fingerprint density at radius 1 is 1.12 bits per heavy atom. The molecule has 0 aromatic heterocycles. The number of carbonyl (C=O) groups is 2. The molecule has 2 amide bonds. The summed E-state index contributed by atoms with van der Waals surface area (Å²) in [6, 6.07) is 15.1. The molecule has 0 radical (unpaired) electrons. The van der Waals surface area contributed by atoms with Gasteiger partial charge in [0.15, 0.2) is 0 Å². The molecule has 1 aliphatic heterocycles. The first-order valence-electron chi connectivity index (χ1n) is 7.77. The monoisotopic (exact) mass is 384 g/mol. The summed E-state index contributed by atoms with van der Waals surface area (Å²) in [5.41, 5.74) is 2.35. The third kappa shape index (κ3) is 3.92. The quantitative estimate of drug-likeness (QED) is 0.801. The van der Waals surface area contributed by atoms with Crippen molar-refractivity contribution in [3.05, 3.63) is 64.6 Å². The number of nitrogens with one attached hydrogen (secondary N) is 1. The summed E-state index contributed by atoms with van der Waals surface area (Å²) in [4.78, 5) is 25.9. The van der Waals surface area contributed by atoms with E-state index < -0.39 is 0 Å². The van der Waals surface area contributed by atoms with E-state index in [1.807, 2.05) is 48.5 Å². The maximum absolute atomic E-state index is 12.2. The average Bonchev–Trinajstić information content (AvgIpc) is 3.01. The lowest BCUT2D eigenvalue weighted by atomic mass is 10.2. The van der Waals surface area contributed by atoms with Crippen molar-refractivity contribution in [2.45, 2.75) is 12.8 Å². The Morgan fingerprint density at radius 3 is 2.58 bits per heavy atom. The number of halogens is 1. The average molecular weight is 385 g/mol. The highest BCUT2D eigenvalue weighted by Crippen LogP contribution is 2.29. The molecular weight excluding hydrogens is 368 g/mol. The van der Waals surface area contributed by atoms with E-state index in [-0.39, 0.29) is 11.8 Å². The van der Waals surface area contributed by atoms with Crippen LogP contribution in [0.5, 0.6) is 0 Å². The van der Waals surface area contributed by atoms with Gasteiger partial charge in [-0.2, -0.15) is 0 Å². The minimum absolute atomic E-state index is 0.0992. The second-order valence-corrected chi connectivity index (χ2v) is 6.46. The first-order chi connectivity index (χ1) is 11.6. The minimum atomic E-state index is -0.225. The van der Waals surface area contributed by atoms with Crippen LogP contribution in [0, 0.1) is 0 Å². The summed E-state index contributed by atoms with van der Waals surface area (Å²) in [6.45, 7) is 0.695. The molecule has 1 fully saturated rings.